The summed E-state index contributed by atoms with van der Waals surface area (Å²) in [6.07, 6.45) is 6.03. The lowest BCUT2D eigenvalue weighted by Crippen LogP contribution is -2.12. The number of amides is 1. The average Bonchev–Trinajstić information content (AvgIpc) is 3.27. The molecule has 2 heterocycles. The molecule has 0 unspecified atom stereocenters. The number of carbonyl (C=O) groups is 1. The molecule has 104 valence electrons. The van der Waals surface area contributed by atoms with Gasteiger partial charge in [0.05, 0.1) is 5.69 Å². The normalized spacial score (nSPS) is 14.3. The van der Waals surface area contributed by atoms with Crippen molar-refractivity contribution in [2.24, 2.45) is 5.92 Å². The van der Waals surface area contributed by atoms with E-state index in [0.29, 0.717) is 0 Å². The van der Waals surface area contributed by atoms with Gasteiger partial charge in [0.15, 0.2) is 0 Å². The number of carbonyl (C=O) groups excluding carboxylic acids is 1. The number of fused-ring (bicyclic) bond motifs is 1. The lowest BCUT2D eigenvalue weighted by molar-refractivity contribution is -0.117. The van der Waals surface area contributed by atoms with Crippen molar-refractivity contribution in [3.63, 3.8) is 0 Å². The maximum Gasteiger partial charge on any atom is 0.227 e. The number of pyridine rings is 1. The second kappa shape index (κ2) is 4.74. The van der Waals surface area contributed by atoms with Crippen LogP contribution in [-0.4, -0.2) is 15.3 Å². The summed E-state index contributed by atoms with van der Waals surface area (Å²) in [6, 6.07) is 13.8. The van der Waals surface area contributed by atoms with Gasteiger partial charge in [-0.3, -0.25) is 4.79 Å². The van der Waals surface area contributed by atoms with E-state index in [-0.39, 0.29) is 11.8 Å². The van der Waals surface area contributed by atoms with E-state index in [4.69, 9.17) is 0 Å². The number of hydrogen-bond donors (Lipinski definition) is 1. The van der Waals surface area contributed by atoms with Crippen molar-refractivity contribution >= 4 is 17.2 Å². The number of benzene rings is 1. The van der Waals surface area contributed by atoms with Gasteiger partial charge in [0, 0.05) is 29.6 Å². The fraction of sp³-hybridized carbons (Fsp3) is 0.176. The summed E-state index contributed by atoms with van der Waals surface area (Å²) in [7, 11) is 0. The molecule has 1 N–H and O–H groups in total. The Balaban J connectivity index is 1.58. The summed E-state index contributed by atoms with van der Waals surface area (Å²) in [5, 5.41) is 2.94. The summed E-state index contributed by atoms with van der Waals surface area (Å²) < 4.78 is 2.00. The summed E-state index contributed by atoms with van der Waals surface area (Å²) >= 11 is 0. The molecule has 1 aliphatic rings. The van der Waals surface area contributed by atoms with Crippen molar-refractivity contribution in [2.75, 3.05) is 5.32 Å². The minimum atomic E-state index is 0.135. The first-order valence-corrected chi connectivity index (χ1v) is 7.15. The molecular formula is C17H15N3O. The zero-order chi connectivity index (χ0) is 14.2. The molecule has 0 atom stereocenters. The number of aromatic nitrogens is 2. The van der Waals surface area contributed by atoms with Gasteiger partial charge < -0.3 is 9.72 Å². The first kappa shape index (κ1) is 12.1. The van der Waals surface area contributed by atoms with E-state index in [1.165, 1.54) is 0 Å². The largest absolute Gasteiger partial charge is 0.326 e. The van der Waals surface area contributed by atoms with Crippen LogP contribution in [0.4, 0.5) is 5.69 Å². The quantitative estimate of drug-likeness (QED) is 0.798. The Morgan fingerprint density at radius 2 is 1.95 bits per heavy atom. The Kier molecular flexibility index (Phi) is 2.74. The highest BCUT2D eigenvalue weighted by molar-refractivity contribution is 5.94. The van der Waals surface area contributed by atoms with Crippen LogP contribution in [0, 0.1) is 5.92 Å². The maximum absolute atomic E-state index is 11.7. The van der Waals surface area contributed by atoms with E-state index in [1.807, 2.05) is 59.3 Å². The molecule has 0 saturated heterocycles. The topological polar surface area (TPSA) is 46.4 Å². The zero-order valence-electron chi connectivity index (χ0n) is 11.5. The van der Waals surface area contributed by atoms with Crippen LogP contribution < -0.4 is 5.32 Å². The molecule has 0 spiro atoms. The summed E-state index contributed by atoms with van der Waals surface area (Å²) in [4.78, 5) is 16.3. The van der Waals surface area contributed by atoms with E-state index in [0.717, 1.165) is 35.4 Å². The molecule has 1 aliphatic carbocycles. The Bertz CT molecular complexity index is 767. The van der Waals surface area contributed by atoms with E-state index in [1.54, 1.807) is 0 Å². The fourth-order valence-corrected chi connectivity index (χ4v) is 2.39. The highest BCUT2D eigenvalue weighted by Gasteiger charge is 2.29. The van der Waals surface area contributed by atoms with Gasteiger partial charge in [-0.25, -0.2) is 4.98 Å². The fourth-order valence-electron chi connectivity index (χ4n) is 2.39. The molecule has 0 bridgehead atoms. The summed E-state index contributed by atoms with van der Waals surface area (Å²) in [5.41, 5.74) is 3.75. The first-order valence-electron chi connectivity index (χ1n) is 7.15. The molecule has 1 aromatic carbocycles. The number of nitrogens with zero attached hydrogens (tertiary/aromatic N) is 2. The van der Waals surface area contributed by atoms with Crippen molar-refractivity contribution in [1.29, 1.82) is 0 Å². The van der Waals surface area contributed by atoms with E-state index in [9.17, 15) is 4.79 Å². The van der Waals surface area contributed by atoms with Crippen LogP contribution in [0.5, 0.6) is 0 Å². The van der Waals surface area contributed by atoms with Gasteiger partial charge in [-0.2, -0.15) is 0 Å². The van der Waals surface area contributed by atoms with Gasteiger partial charge in [0.25, 0.3) is 0 Å². The van der Waals surface area contributed by atoms with Crippen LogP contribution in [0.2, 0.25) is 0 Å². The molecule has 0 aliphatic heterocycles. The molecular weight excluding hydrogens is 262 g/mol. The van der Waals surface area contributed by atoms with E-state index < -0.39 is 0 Å². The number of anilines is 1. The van der Waals surface area contributed by atoms with Gasteiger partial charge in [0.1, 0.15) is 5.65 Å². The van der Waals surface area contributed by atoms with Gasteiger partial charge in [-0.15, -0.1) is 0 Å². The first-order chi connectivity index (χ1) is 10.3. The Morgan fingerprint density at radius 3 is 2.67 bits per heavy atom. The van der Waals surface area contributed by atoms with Crippen molar-refractivity contribution in [1.82, 2.24) is 9.38 Å². The molecule has 1 amide bonds. The molecule has 4 rings (SSSR count). The average molecular weight is 277 g/mol. The van der Waals surface area contributed by atoms with Crippen molar-refractivity contribution in [2.45, 2.75) is 12.8 Å². The van der Waals surface area contributed by atoms with Crippen LogP contribution in [0.25, 0.3) is 16.9 Å². The van der Waals surface area contributed by atoms with Crippen LogP contribution in [0.1, 0.15) is 12.8 Å². The molecule has 3 aromatic rings. The monoisotopic (exact) mass is 277 g/mol. The molecule has 1 fully saturated rings. The SMILES string of the molecule is O=C(Nc1ccc(-c2cn3ccccc3n2)cc1)C1CC1. The predicted octanol–water partition coefficient (Wildman–Crippen LogP) is 3.35. The Labute approximate surface area is 122 Å². The molecule has 4 heteroatoms. The van der Waals surface area contributed by atoms with Gasteiger partial charge >= 0.3 is 0 Å². The van der Waals surface area contributed by atoms with Crippen molar-refractivity contribution in [3.05, 3.63) is 54.9 Å². The minimum Gasteiger partial charge on any atom is -0.326 e. The highest BCUT2D eigenvalue weighted by atomic mass is 16.2. The van der Waals surface area contributed by atoms with Gasteiger partial charge in [0.2, 0.25) is 5.91 Å². The molecule has 1 saturated carbocycles. The van der Waals surface area contributed by atoms with Crippen LogP contribution in [-0.2, 0) is 4.79 Å². The second-order valence-electron chi connectivity index (χ2n) is 5.43. The lowest BCUT2D eigenvalue weighted by atomic mass is 10.1. The Hall–Kier alpha value is -2.62. The number of hydrogen-bond acceptors (Lipinski definition) is 2. The number of rotatable bonds is 3. The second-order valence-corrected chi connectivity index (χ2v) is 5.43. The maximum atomic E-state index is 11.7. The lowest BCUT2D eigenvalue weighted by Gasteiger charge is -2.04. The minimum absolute atomic E-state index is 0.135. The standard InChI is InChI=1S/C17H15N3O/c21-17(13-4-5-13)18-14-8-6-12(7-9-14)15-11-20-10-2-1-3-16(20)19-15/h1-3,6-11,13H,4-5H2,(H,18,21). The third-order valence-corrected chi connectivity index (χ3v) is 3.76. The molecule has 21 heavy (non-hydrogen) atoms. The highest BCUT2D eigenvalue weighted by Crippen LogP contribution is 2.30. The zero-order valence-corrected chi connectivity index (χ0v) is 11.5. The van der Waals surface area contributed by atoms with E-state index >= 15 is 0 Å². The van der Waals surface area contributed by atoms with Crippen LogP contribution in [0.3, 0.4) is 0 Å². The molecule has 2 aromatic heterocycles. The predicted molar refractivity (Wildman–Crippen MR) is 82.0 cm³/mol. The number of imidazole rings is 1. The number of nitrogens with one attached hydrogen (secondary N) is 1. The van der Waals surface area contributed by atoms with E-state index in [2.05, 4.69) is 10.3 Å². The van der Waals surface area contributed by atoms with Gasteiger partial charge in [-0.05, 0) is 37.1 Å². The molecule has 0 radical (unpaired) electrons. The smallest absolute Gasteiger partial charge is 0.227 e. The summed E-state index contributed by atoms with van der Waals surface area (Å²) in [5.74, 6) is 0.360. The van der Waals surface area contributed by atoms with Crippen molar-refractivity contribution in [3.8, 4) is 11.3 Å². The third-order valence-electron chi connectivity index (χ3n) is 3.76. The summed E-state index contributed by atoms with van der Waals surface area (Å²) in [6.45, 7) is 0. The van der Waals surface area contributed by atoms with Crippen LogP contribution in [0.15, 0.2) is 54.9 Å². The molecule has 4 nitrogen and oxygen atoms in total. The van der Waals surface area contributed by atoms with Crippen LogP contribution >= 0.6 is 0 Å². The van der Waals surface area contributed by atoms with Gasteiger partial charge in [-0.1, -0.05) is 18.2 Å². The Morgan fingerprint density at radius 1 is 1.14 bits per heavy atom. The van der Waals surface area contributed by atoms with Crippen molar-refractivity contribution < 1.29 is 4.79 Å². The third kappa shape index (κ3) is 2.40.